The molecule has 0 saturated carbocycles. The Kier molecular flexibility index (Phi) is 5.01. The van der Waals surface area contributed by atoms with Crippen molar-refractivity contribution in [1.82, 2.24) is 14.4 Å². The van der Waals surface area contributed by atoms with Gasteiger partial charge in [-0.05, 0) is 48.5 Å². The molecular weight excluding hydrogens is 361 g/mol. The molecule has 3 rings (SSSR count). The summed E-state index contributed by atoms with van der Waals surface area (Å²) in [6.45, 7) is -0.108. The van der Waals surface area contributed by atoms with Gasteiger partial charge in [-0.1, -0.05) is 5.16 Å². The van der Waals surface area contributed by atoms with Gasteiger partial charge in [-0.2, -0.15) is 9.29 Å². The quantitative estimate of drug-likeness (QED) is 0.657. The summed E-state index contributed by atoms with van der Waals surface area (Å²) in [6.07, 6.45) is 0. The van der Waals surface area contributed by atoms with Crippen molar-refractivity contribution in [3.05, 3.63) is 60.2 Å². The third-order valence-electron chi connectivity index (χ3n) is 3.70. The Morgan fingerprint density at radius 3 is 2.38 bits per heavy atom. The van der Waals surface area contributed by atoms with Crippen LogP contribution in [0.5, 0.6) is 5.75 Å². The first-order chi connectivity index (χ1) is 12.4. The molecule has 26 heavy (non-hydrogen) atoms. The standard InChI is InChI=1S/C17H16FN3O4S/c1-21(26(22,23)15-9-5-13(18)6-10-15)11-16-19-17(20-25-16)12-3-7-14(24-2)8-4-12/h3-10H,11H2,1-2H3. The number of ether oxygens (including phenoxy) is 1. The van der Waals surface area contributed by atoms with E-state index < -0.39 is 15.8 Å². The van der Waals surface area contributed by atoms with Crippen LogP contribution in [0.4, 0.5) is 4.39 Å². The van der Waals surface area contributed by atoms with Gasteiger partial charge in [0.25, 0.3) is 0 Å². The second-order valence-corrected chi connectivity index (χ2v) is 7.50. The molecule has 0 atom stereocenters. The first-order valence-corrected chi connectivity index (χ1v) is 9.03. The highest BCUT2D eigenvalue weighted by Crippen LogP contribution is 2.21. The van der Waals surface area contributed by atoms with Gasteiger partial charge in [0.15, 0.2) is 0 Å². The van der Waals surface area contributed by atoms with Crippen LogP contribution in [-0.4, -0.2) is 37.0 Å². The van der Waals surface area contributed by atoms with E-state index in [1.807, 2.05) is 0 Å². The predicted molar refractivity (Wildman–Crippen MR) is 91.3 cm³/mol. The van der Waals surface area contributed by atoms with E-state index >= 15 is 0 Å². The van der Waals surface area contributed by atoms with Crippen LogP contribution in [0.15, 0.2) is 57.9 Å². The van der Waals surface area contributed by atoms with Gasteiger partial charge in [0, 0.05) is 12.6 Å². The Morgan fingerprint density at radius 1 is 1.12 bits per heavy atom. The van der Waals surface area contributed by atoms with Crippen LogP contribution in [0.25, 0.3) is 11.4 Å². The molecule has 0 N–H and O–H groups in total. The number of nitrogens with zero attached hydrogens (tertiary/aromatic N) is 3. The van der Waals surface area contributed by atoms with E-state index in [1.54, 1.807) is 31.4 Å². The van der Waals surface area contributed by atoms with Crippen molar-refractivity contribution in [3.8, 4) is 17.1 Å². The zero-order chi connectivity index (χ0) is 18.7. The van der Waals surface area contributed by atoms with Crippen LogP contribution in [-0.2, 0) is 16.6 Å². The Morgan fingerprint density at radius 2 is 1.77 bits per heavy atom. The minimum absolute atomic E-state index is 0.0173. The highest BCUT2D eigenvalue weighted by atomic mass is 32.2. The van der Waals surface area contributed by atoms with Crippen LogP contribution in [0, 0.1) is 5.82 Å². The van der Waals surface area contributed by atoms with Crippen molar-refractivity contribution >= 4 is 10.0 Å². The number of sulfonamides is 1. The lowest BCUT2D eigenvalue weighted by molar-refractivity contribution is 0.336. The monoisotopic (exact) mass is 377 g/mol. The van der Waals surface area contributed by atoms with Gasteiger partial charge in [-0.25, -0.2) is 12.8 Å². The van der Waals surface area contributed by atoms with Crippen LogP contribution in [0.2, 0.25) is 0 Å². The largest absolute Gasteiger partial charge is 0.497 e. The van der Waals surface area contributed by atoms with Crippen molar-refractivity contribution in [2.75, 3.05) is 14.2 Å². The summed E-state index contributed by atoms with van der Waals surface area (Å²) in [7, 11) is -0.843. The number of rotatable bonds is 6. The maximum atomic E-state index is 13.0. The summed E-state index contributed by atoms with van der Waals surface area (Å²) in [5.74, 6) is 0.675. The zero-order valence-corrected chi connectivity index (χ0v) is 14.9. The third-order valence-corrected chi connectivity index (χ3v) is 5.51. The molecule has 0 fully saturated rings. The molecule has 7 nitrogen and oxygen atoms in total. The smallest absolute Gasteiger partial charge is 0.243 e. The zero-order valence-electron chi connectivity index (χ0n) is 14.1. The number of benzene rings is 2. The molecule has 0 spiro atoms. The van der Waals surface area contributed by atoms with Gasteiger partial charge >= 0.3 is 0 Å². The molecule has 3 aromatic rings. The van der Waals surface area contributed by atoms with Crippen molar-refractivity contribution < 1.29 is 22.1 Å². The summed E-state index contributed by atoms with van der Waals surface area (Å²) < 4.78 is 49.3. The van der Waals surface area contributed by atoms with Crippen LogP contribution in [0.1, 0.15) is 5.89 Å². The molecule has 0 aliphatic rings. The Labute approximate surface area is 150 Å². The second kappa shape index (κ2) is 7.22. The van der Waals surface area contributed by atoms with E-state index in [4.69, 9.17) is 9.26 Å². The molecule has 0 aliphatic carbocycles. The molecule has 0 bridgehead atoms. The van der Waals surface area contributed by atoms with Crippen molar-refractivity contribution in [2.45, 2.75) is 11.4 Å². The second-order valence-electron chi connectivity index (χ2n) is 5.46. The molecule has 0 aliphatic heterocycles. The molecule has 9 heteroatoms. The van der Waals surface area contributed by atoms with E-state index in [9.17, 15) is 12.8 Å². The molecule has 0 radical (unpaired) electrons. The maximum absolute atomic E-state index is 13.0. The SMILES string of the molecule is COc1ccc(-c2noc(CN(C)S(=O)(=O)c3ccc(F)cc3)n2)cc1. The lowest BCUT2D eigenvalue weighted by Gasteiger charge is -2.14. The molecule has 0 unspecified atom stereocenters. The van der Waals surface area contributed by atoms with Crippen LogP contribution >= 0.6 is 0 Å². The van der Waals surface area contributed by atoms with Crippen molar-refractivity contribution in [2.24, 2.45) is 0 Å². The molecular formula is C17H16FN3O4S. The van der Waals surface area contributed by atoms with Crippen molar-refractivity contribution in [3.63, 3.8) is 0 Å². The Hall–Kier alpha value is -2.78. The number of aromatic nitrogens is 2. The van der Waals surface area contributed by atoms with E-state index in [0.29, 0.717) is 17.1 Å². The topological polar surface area (TPSA) is 85.5 Å². The predicted octanol–water partition coefficient (Wildman–Crippen LogP) is 2.71. The molecule has 0 amide bonds. The summed E-state index contributed by atoms with van der Waals surface area (Å²) >= 11 is 0. The van der Waals surface area contributed by atoms with Gasteiger partial charge in [0.05, 0.1) is 18.6 Å². The highest BCUT2D eigenvalue weighted by Gasteiger charge is 2.23. The van der Waals surface area contributed by atoms with E-state index in [-0.39, 0.29) is 17.3 Å². The average Bonchev–Trinajstić information content (AvgIpc) is 3.10. The van der Waals surface area contributed by atoms with Crippen molar-refractivity contribution in [1.29, 1.82) is 0 Å². The third kappa shape index (κ3) is 3.73. The minimum atomic E-state index is -3.80. The van der Waals surface area contributed by atoms with E-state index in [0.717, 1.165) is 16.4 Å². The Balaban J connectivity index is 1.76. The molecule has 136 valence electrons. The molecule has 1 aromatic heterocycles. The minimum Gasteiger partial charge on any atom is -0.497 e. The fourth-order valence-corrected chi connectivity index (χ4v) is 3.36. The lowest BCUT2D eigenvalue weighted by Crippen LogP contribution is -2.26. The van der Waals surface area contributed by atoms with Gasteiger partial charge in [-0.3, -0.25) is 0 Å². The van der Waals surface area contributed by atoms with Gasteiger partial charge in [0.2, 0.25) is 21.7 Å². The van der Waals surface area contributed by atoms with E-state index in [2.05, 4.69) is 10.1 Å². The maximum Gasteiger partial charge on any atom is 0.243 e. The average molecular weight is 377 g/mol. The van der Waals surface area contributed by atoms with E-state index in [1.165, 1.54) is 19.2 Å². The number of hydrogen-bond acceptors (Lipinski definition) is 6. The molecule has 2 aromatic carbocycles. The summed E-state index contributed by atoms with van der Waals surface area (Å²) in [6, 6.07) is 11.7. The van der Waals surface area contributed by atoms with Gasteiger partial charge in [0.1, 0.15) is 11.6 Å². The summed E-state index contributed by atoms with van der Waals surface area (Å²) in [5.41, 5.74) is 0.713. The Bertz CT molecular complexity index is 986. The number of methoxy groups -OCH3 is 1. The molecule has 0 saturated heterocycles. The number of halogens is 1. The highest BCUT2D eigenvalue weighted by molar-refractivity contribution is 7.89. The molecule has 1 heterocycles. The van der Waals surface area contributed by atoms with Crippen LogP contribution in [0.3, 0.4) is 0 Å². The lowest BCUT2D eigenvalue weighted by atomic mass is 10.2. The normalized spacial score (nSPS) is 11.7. The first kappa shape index (κ1) is 18.0. The summed E-state index contributed by atoms with van der Waals surface area (Å²) in [5, 5.41) is 3.86. The van der Waals surface area contributed by atoms with Gasteiger partial charge in [-0.15, -0.1) is 0 Å². The fourth-order valence-electron chi connectivity index (χ4n) is 2.24. The summed E-state index contributed by atoms with van der Waals surface area (Å²) in [4.78, 5) is 4.20. The van der Waals surface area contributed by atoms with Crippen LogP contribution < -0.4 is 4.74 Å². The number of hydrogen-bond donors (Lipinski definition) is 0. The fraction of sp³-hybridized carbons (Fsp3) is 0.176. The first-order valence-electron chi connectivity index (χ1n) is 7.59. The van der Waals surface area contributed by atoms with Gasteiger partial charge < -0.3 is 9.26 Å².